The highest BCUT2D eigenvalue weighted by Gasteiger charge is 2.42. The number of alkyl halides is 1. The lowest BCUT2D eigenvalue weighted by Crippen LogP contribution is -2.35. The predicted octanol–water partition coefficient (Wildman–Crippen LogP) is 2.51. The Bertz CT molecular complexity index is 616. The maximum atomic E-state index is 14.0. The summed E-state index contributed by atoms with van der Waals surface area (Å²) in [6.07, 6.45) is 1.51. The molecule has 0 aromatic rings. The molecule has 0 amide bonds. The summed E-state index contributed by atoms with van der Waals surface area (Å²) in [7, 11) is 0. The zero-order valence-corrected chi connectivity index (χ0v) is 11.6. The minimum absolute atomic E-state index is 0.0728. The second-order valence-corrected chi connectivity index (χ2v) is 5.70. The summed E-state index contributed by atoms with van der Waals surface area (Å²) in [5.41, 5.74) is 0.976. The van der Waals surface area contributed by atoms with Crippen molar-refractivity contribution in [2.24, 2.45) is 0 Å². The number of carbonyl (C=O) groups excluding carboxylic acids is 1. The zero-order valence-electron chi connectivity index (χ0n) is 10.8. The van der Waals surface area contributed by atoms with Crippen LogP contribution in [-0.4, -0.2) is 34.0 Å². The molecule has 1 saturated carbocycles. The van der Waals surface area contributed by atoms with Gasteiger partial charge in [-0.3, -0.25) is 4.79 Å². The first-order valence-electron chi connectivity index (χ1n) is 6.42. The van der Waals surface area contributed by atoms with E-state index in [1.807, 2.05) is 0 Å². The number of carboxylic acids is 1. The van der Waals surface area contributed by atoms with Gasteiger partial charge in [0.05, 0.1) is 16.3 Å². The van der Waals surface area contributed by atoms with Gasteiger partial charge in [-0.2, -0.15) is 0 Å². The smallest absolute Gasteiger partial charge is 0.333 e. The lowest BCUT2D eigenvalue weighted by Gasteiger charge is -2.34. The lowest BCUT2D eigenvalue weighted by atomic mass is 9.87. The molecule has 1 heterocycles. The van der Waals surface area contributed by atoms with E-state index in [0.717, 1.165) is 12.8 Å². The van der Waals surface area contributed by atoms with Gasteiger partial charge in [0.1, 0.15) is 0 Å². The molecule has 3 aliphatic rings. The number of hydrogen-bond acceptors (Lipinski definition) is 3. The van der Waals surface area contributed by atoms with Crippen LogP contribution < -0.4 is 0 Å². The van der Waals surface area contributed by atoms with E-state index in [1.165, 1.54) is 13.1 Å². The fraction of sp³-hybridized carbons (Fsp3) is 0.429. The van der Waals surface area contributed by atoms with E-state index in [-0.39, 0.29) is 34.2 Å². The summed E-state index contributed by atoms with van der Waals surface area (Å²) in [6, 6.07) is 0.153. The van der Waals surface area contributed by atoms with Crippen molar-refractivity contribution >= 4 is 23.4 Å². The Balaban J connectivity index is 2.12. The number of allylic oxidation sites excluding steroid dienone is 3. The van der Waals surface area contributed by atoms with Crippen LogP contribution in [0.4, 0.5) is 4.39 Å². The predicted molar refractivity (Wildman–Crippen MR) is 70.7 cm³/mol. The molecule has 0 aromatic heterocycles. The number of ketones is 1. The number of halogens is 2. The molecule has 6 heteroatoms. The fourth-order valence-corrected chi connectivity index (χ4v) is 2.88. The summed E-state index contributed by atoms with van der Waals surface area (Å²) in [4.78, 5) is 25.0. The van der Waals surface area contributed by atoms with E-state index < -0.39 is 17.9 Å². The van der Waals surface area contributed by atoms with E-state index in [4.69, 9.17) is 16.7 Å². The maximum Gasteiger partial charge on any atom is 0.333 e. The van der Waals surface area contributed by atoms with Gasteiger partial charge in [-0.05, 0) is 25.3 Å². The fourth-order valence-electron chi connectivity index (χ4n) is 2.58. The molecule has 0 spiro atoms. The van der Waals surface area contributed by atoms with E-state index in [2.05, 4.69) is 0 Å². The monoisotopic (exact) mass is 297 g/mol. The van der Waals surface area contributed by atoms with Crippen molar-refractivity contribution in [2.45, 2.75) is 38.4 Å². The second-order valence-electron chi connectivity index (χ2n) is 5.33. The van der Waals surface area contributed by atoms with Crippen LogP contribution in [0.5, 0.6) is 0 Å². The van der Waals surface area contributed by atoms with Crippen LogP contribution >= 0.6 is 11.6 Å². The van der Waals surface area contributed by atoms with Crippen LogP contribution in [0, 0.1) is 0 Å². The number of hydrogen-bond donors (Lipinski definition) is 1. The van der Waals surface area contributed by atoms with Gasteiger partial charge < -0.3 is 10.0 Å². The van der Waals surface area contributed by atoms with Crippen molar-refractivity contribution in [3.05, 3.63) is 33.6 Å². The summed E-state index contributed by atoms with van der Waals surface area (Å²) in [5, 5.41) is 9.39. The number of Topliss-reactive ketones (excluding diaryl/α,β-unsaturated/α-hetero) is 1. The molecule has 0 aromatic carbocycles. The van der Waals surface area contributed by atoms with E-state index in [9.17, 15) is 14.0 Å². The molecule has 20 heavy (non-hydrogen) atoms. The van der Waals surface area contributed by atoms with E-state index >= 15 is 0 Å². The van der Waals surface area contributed by atoms with Gasteiger partial charge in [0, 0.05) is 24.2 Å². The molecule has 3 rings (SSSR count). The number of aliphatic carboxylic acids is 1. The summed E-state index contributed by atoms with van der Waals surface area (Å²) >= 11 is 6.21. The molecule has 1 unspecified atom stereocenters. The lowest BCUT2D eigenvalue weighted by molar-refractivity contribution is -0.132. The molecule has 1 fully saturated rings. The first kappa shape index (κ1) is 13.4. The number of nitrogens with zero attached hydrogens (tertiary/aromatic N) is 1. The summed E-state index contributed by atoms with van der Waals surface area (Å²) in [5.74, 6) is -1.76. The largest absolute Gasteiger partial charge is 0.478 e. The molecule has 2 aliphatic carbocycles. The Morgan fingerprint density at radius 2 is 2.15 bits per heavy atom. The SMILES string of the molecule is CC1=C(Cl)C2=C(CC(C(=O)O)=CN2C2CC2)C(=O)C1F. The van der Waals surface area contributed by atoms with Crippen molar-refractivity contribution < 1.29 is 19.1 Å². The maximum absolute atomic E-state index is 14.0. The molecule has 106 valence electrons. The third-order valence-corrected chi connectivity index (χ3v) is 4.36. The van der Waals surface area contributed by atoms with Crippen molar-refractivity contribution in [1.82, 2.24) is 4.90 Å². The molecule has 1 aliphatic heterocycles. The van der Waals surface area contributed by atoms with Gasteiger partial charge >= 0.3 is 5.97 Å². The Labute approximate surface area is 120 Å². The first-order valence-corrected chi connectivity index (χ1v) is 6.80. The van der Waals surface area contributed by atoms with E-state index in [1.54, 1.807) is 4.90 Å². The van der Waals surface area contributed by atoms with Crippen molar-refractivity contribution in [3.8, 4) is 0 Å². The third-order valence-electron chi connectivity index (χ3n) is 3.88. The van der Waals surface area contributed by atoms with Gasteiger partial charge in [-0.1, -0.05) is 11.6 Å². The average molecular weight is 298 g/mol. The summed E-state index contributed by atoms with van der Waals surface area (Å²) in [6.45, 7) is 1.50. The molecular formula is C14H13ClFNO3. The highest BCUT2D eigenvalue weighted by Crippen LogP contribution is 2.44. The van der Waals surface area contributed by atoms with Crippen molar-refractivity contribution in [2.75, 3.05) is 0 Å². The van der Waals surface area contributed by atoms with Crippen LogP contribution in [0.1, 0.15) is 26.2 Å². The van der Waals surface area contributed by atoms with E-state index in [0.29, 0.717) is 5.70 Å². The van der Waals surface area contributed by atoms with Crippen LogP contribution in [0.25, 0.3) is 0 Å². The summed E-state index contributed by atoms with van der Waals surface area (Å²) < 4.78 is 14.0. The molecule has 0 saturated heterocycles. The molecule has 1 atom stereocenters. The first-order chi connectivity index (χ1) is 9.41. The number of carbonyl (C=O) groups is 2. The quantitative estimate of drug-likeness (QED) is 0.851. The van der Waals surface area contributed by atoms with Gasteiger partial charge in [0.25, 0.3) is 0 Å². The van der Waals surface area contributed by atoms with Crippen LogP contribution in [0.15, 0.2) is 33.6 Å². The average Bonchev–Trinajstić information content (AvgIpc) is 3.25. The molecule has 4 nitrogen and oxygen atoms in total. The minimum atomic E-state index is -1.77. The Morgan fingerprint density at radius 3 is 2.70 bits per heavy atom. The Hall–Kier alpha value is -1.62. The zero-order chi connectivity index (χ0) is 14.6. The van der Waals surface area contributed by atoms with Gasteiger partial charge in [-0.15, -0.1) is 0 Å². The van der Waals surface area contributed by atoms with Gasteiger partial charge in [0.15, 0.2) is 12.0 Å². The number of rotatable bonds is 2. The van der Waals surface area contributed by atoms with Crippen LogP contribution in [0.2, 0.25) is 0 Å². The standard InChI is InChI=1S/C14H13ClFNO3/c1-6-10(15)12-9(13(18)11(6)16)4-7(14(19)20)5-17(12)8-2-3-8/h5,8,11H,2-4H2,1H3,(H,19,20). The van der Waals surface area contributed by atoms with Crippen LogP contribution in [0.3, 0.4) is 0 Å². The van der Waals surface area contributed by atoms with Crippen molar-refractivity contribution in [1.29, 1.82) is 0 Å². The van der Waals surface area contributed by atoms with Crippen molar-refractivity contribution in [3.63, 3.8) is 0 Å². The van der Waals surface area contributed by atoms with Crippen LogP contribution in [-0.2, 0) is 9.59 Å². The second kappa shape index (κ2) is 4.45. The normalized spacial score (nSPS) is 26.8. The number of carboxylic acid groups (broad SMARTS) is 1. The van der Waals surface area contributed by atoms with Gasteiger partial charge in [0.2, 0.25) is 0 Å². The topological polar surface area (TPSA) is 57.6 Å². The minimum Gasteiger partial charge on any atom is -0.478 e. The highest BCUT2D eigenvalue weighted by atomic mass is 35.5. The Kier molecular flexibility index (Phi) is 2.97. The molecule has 0 radical (unpaired) electrons. The van der Waals surface area contributed by atoms with Gasteiger partial charge in [-0.25, -0.2) is 9.18 Å². The third kappa shape index (κ3) is 1.88. The molecule has 1 N–H and O–H groups in total. The molecule has 0 bridgehead atoms. The Morgan fingerprint density at radius 1 is 1.50 bits per heavy atom. The highest BCUT2D eigenvalue weighted by molar-refractivity contribution is 6.34. The molecular weight excluding hydrogens is 285 g/mol.